The van der Waals surface area contributed by atoms with Gasteiger partial charge in [0.2, 0.25) is 5.91 Å². The molecule has 0 aliphatic heterocycles. The Balaban J connectivity index is 2.06. The monoisotopic (exact) mass is 345 g/mol. The van der Waals surface area contributed by atoms with E-state index in [2.05, 4.69) is 15.3 Å². The minimum Gasteiger partial charge on any atom is -0.345 e. The number of ketones is 2. The fourth-order valence-electron chi connectivity index (χ4n) is 2.75. The molecule has 0 spiro atoms. The van der Waals surface area contributed by atoms with E-state index < -0.39 is 22.8 Å². The van der Waals surface area contributed by atoms with Crippen molar-refractivity contribution >= 4 is 17.5 Å². The zero-order valence-electron chi connectivity index (χ0n) is 15.8. The molecule has 3 atom stereocenters. The van der Waals surface area contributed by atoms with E-state index in [1.807, 2.05) is 41.5 Å². The van der Waals surface area contributed by atoms with Crippen LogP contribution in [0, 0.1) is 22.7 Å². The van der Waals surface area contributed by atoms with Gasteiger partial charge in [-0.2, -0.15) is 0 Å². The topological polar surface area (TPSA) is 89.0 Å². The molecule has 1 aromatic rings. The van der Waals surface area contributed by atoms with Crippen LogP contribution in [-0.4, -0.2) is 33.5 Å². The summed E-state index contributed by atoms with van der Waals surface area (Å²) < 4.78 is 0. The average Bonchev–Trinajstić information content (AvgIpc) is 3.30. The van der Waals surface area contributed by atoms with Gasteiger partial charge in [-0.25, -0.2) is 4.98 Å². The van der Waals surface area contributed by atoms with Crippen LogP contribution in [0.1, 0.15) is 58.5 Å². The molecule has 25 heavy (non-hydrogen) atoms. The van der Waals surface area contributed by atoms with E-state index in [-0.39, 0.29) is 29.1 Å². The van der Waals surface area contributed by atoms with Gasteiger partial charge in [0.15, 0.2) is 11.6 Å². The molecule has 136 valence electrons. The Bertz CT molecular complexity index is 671. The third-order valence-electron chi connectivity index (χ3n) is 4.43. The number of carbonyl (C=O) groups excluding carboxylic acids is 3. The molecule has 2 rings (SSSR count). The first-order valence-electron chi connectivity index (χ1n) is 8.58. The Morgan fingerprint density at radius 2 is 1.72 bits per heavy atom. The summed E-state index contributed by atoms with van der Waals surface area (Å²) in [6.45, 7) is 11.3. The van der Waals surface area contributed by atoms with Crippen LogP contribution in [0.4, 0.5) is 0 Å². The van der Waals surface area contributed by atoms with Crippen molar-refractivity contribution in [3.05, 3.63) is 24.3 Å². The molecule has 1 heterocycles. The molecular weight excluding hydrogens is 318 g/mol. The summed E-state index contributed by atoms with van der Waals surface area (Å²) in [5.41, 5.74) is -0.677. The zero-order valence-corrected chi connectivity index (χ0v) is 15.8. The largest absolute Gasteiger partial charge is 0.345 e. The number of nitrogens with zero attached hydrogens (tertiary/aromatic N) is 2. The van der Waals surface area contributed by atoms with Crippen LogP contribution >= 0.6 is 0 Å². The van der Waals surface area contributed by atoms with E-state index in [0.29, 0.717) is 6.42 Å². The molecule has 1 amide bonds. The van der Waals surface area contributed by atoms with Crippen LogP contribution in [0.3, 0.4) is 0 Å². The van der Waals surface area contributed by atoms with Crippen LogP contribution < -0.4 is 5.32 Å². The van der Waals surface area contributed by atoms with Crippen molar-refractivity contribution in [2.75, 3.05) is 0 Å². The van der Waals surface area contributed by atoms with Crippen LogP contribution in [0.5, 0.6) is 0 Å². The molecule has 1 aliphatic carbocycles. The molecule has 1 aliphatic rings. The molecule has 1 saturated carbocycles. The molecule has 0 saturated heterocycles. The molecule has 1 unspecified atom stereocenters. The highest BCUT2D eigenvalue weighted by atomic mass is 16.2. The van der Waals surface area contributed by atoms with Gasteiger partial charge in [-0.05, 0) is 11.8 Å². The number of aromatic nitrogens is 2. The molecule has 6 heteroatoms. The Labute approximate surface area is 148 Å². The lowest BCUT2D eigenvalue weighted by molar-refractivity contribution is -0.135. The van der Waals surface area contributed by atoms with Crippen molar-refractivity contribution in [1.29, 1.82) is 0 Å². The maximum absolute atomic E-state index is 12.7. The van der Waals surface area contributed by atoms with Crippen LogP contribution in [-0.2, 0) is 9.59 Å². The van der Waals surface area contributed by atoms with Crippen molar-refractivity contribution in [3.8, 4) is 0 Å². The van der Waals surface area contributed by atoms with Gasteiger partial charge in [0.1, 0.15) is 5.69 Å². The maximum Gasteiger partial charge on any atom is 0.224 e. The second kappa shape index (κ2) is 6.65. The standard InChI is InChI=1S/C19H27N3O3/c1-18(2,3)15(16(24)19(4,5)6)22-17(25)12-9-11(12)14(23)13-10-20-7-8-21-13/h7-8,10-12,15H,9H2,1-6H3,(H,22,25)/t11?,12-,15-/m1/s1. The summed E-state index contributed by atoms with van der Waals surface area (Å²) >= 11 is 0. The molecule has 6 nitrogen and oxygen atoms in total. The van der Waals surface area contributed by atoms with Crippen molar-refractivity contribution in [3.63, 3.8) is 0 Å². The van der Waals surface area contributed by atoms with E-state index in [9.17, 15) is 14.4 Å². The highest BCUT2D eigenvalue weighted by Crippen LogP contribution is 2.41. The van der Waals surface area contributed by atoms with Gasteiger partial charge in [0.05, 0.1) is 12.2 Å². The lowest BCUT2D eigenvalue weighted by Crippen LogP contribution is -2.53. The number of nitrogens with one attached hydrogen (secondary N) is 1. The summed E-state index contributed by atoms with van der Waals surface area (Å²) in [6, 6.07) is -0.590. The SMILES string of the molecule is CC(C)(C)C(=O)[C@@H](NC(=O)[C@@H]1CC1C(=O)c1cnccn1)C(C)(C)C. The van der Waals surface area contributed by atoms with Gasteiger partial charge in [0.25, 0.3) is 0 Å². The second-order valence-corrected chi connectivity index (χ2v) is 8.83. The Morgan fingerprint density at radius 3 is 2.20 bits per heavy atom. The molecule has 1 aromatic heterocycles. The molecule has 1 N–H and O–H groups in total. The molecule has 0 aromatic carbocycles. The van der Waals surface area contributed by atoms with Crippen molar-refractivity contribution in [2.24, 2.45) is 22.7 Å². The van der Waals surface area contributed by atoms with Gasteiger partial charge >= 0.3 is 0 Å². The van der Waals surface area contributed by atoms with Crippen molar-refractivity contribution in [2.45, 2.75) is 54.0 Å². The van der Waals surface area contributed by atoms with Crippen molar-refractivity contribution < 1.29 is 14.4 Å². The summed E-state index contributed by atoms with van der Waals surface area (Å²) in [5, 5.41) is 2.88. The second-order valence-electron chi connectivity index (χ2n) is 8.83. The third-order valence-corrected chi connectivity index (χ3v) is 4.43. The third kappa shape index (κ3) is 4.50. The maximum atomic E-state index is 12.7. The minimum absolute atomic E-state index is 0.00852. The Hall–Kier alpha value is -2.11. The smallest absolute Gasteiger partial charge is 0.224 e. The van der Waals surface area contributed by atoms with E-state index in [1.165, 1.54) is 18.6 Å². The zero-order chi connectivity index (χ0) is 19.0. The highest BCUT2D eigenvalue weighted by molar-refractivity contribution is 6.03. The summed E-state index contributed by atoms with van der Waals surface area (Å²) in [4.78, 5) is 45.5. The fourth-order valence-corrected chi connectivity index (χ4v) is 2.75. The summed E-state index contributed by atoms with van der Waals surface area (Å²) in [7, 11) is 0. The van der Waals surface area contributed by atoms with Gasteiger partial charge in [-0.1, -0.05) is 41.5 Å². The fraction of sp³-hybridized carbons (Fsp3) is 0.632. The molecule has 1 fully saturated rings. The summed E-state index contributed by atoms with van der Waals surface area (Å²) in [6.07, 6.45) is 4.86. The molecular formula is C19H27N3O3. The Kier molecular flexibility index (Phi) is 5.11. The molecule has 0 bridgehead atoms. The predicted octanol–water partition coefficient (Wildman–Crippen LogP) is 2.44. The summed E-state index contributed by atoms with van der Waals surface area (Å²) in [5.74, 6) is -1.18. The first kappa shape index (κ1) is 19.2. The quantitative estimate of drug-likeness (QED) is 0.828. The first-order chi connectivity index (χ1) is 11.4. The van der Waals surface area contributed by atoms with E-state index in [0.717, 1.165) is 0 Å². The first-order valence-corrected chi connectivity index (χ1v) is 8.58. The number of Topliss-reactive ketones (excluding diaryl/α,β-unsaturated/α-hetero) is 2. The van der Waals surface area contributed by atoms with E-state index in [1.54, 1.807) is 0 Å². The van der Waals surface area contributed by atoms with Gasteiger partial charge in [-0.15, -0.1) is 0 Å². The van der Waals surface area contributed by atoms with Crippen LogP contribution in [0.15, 0.2) is 18.6 Å². The van der Waals surface area contributed by atoms with Crippen LogP contribution in [0.2, 0.25) is 0 Å². The van der Waals surface area contributed by atoms with Crippen LogP contribution in [0.25, 0.3) is 0 Å². The predicted molar refractivity (Wildman–Crippen MR) is 93.8 cm³/mol. The van der Waals surface area contributed by atoms with Gasteiger partial charge in [0, 0.05) is 29.6 Å². The lowest BCUT2D eigenvalue weighted by Gasteiger charge is -2.34. The van der Waals surface area contributed by atoms with E-state index >= 15 is 0 Å². The highest BCUT2D eigenvalue weighted by Gasteiger charge is 2.50. The van der Waals surface area contributed by atoms with Gasteiger partial charge in [-0.3, -0.25) is 19.4 Å². The normalized spacial score (nSPS) is 21.4. The number of hydrogen-bond donors (Lipinski definition) is 1. The average molecular weight is 345 g/mol. The number of rotatable bonds is 5. The van der Waals surface area contributed by atoms with Gasteiger partial charge < -0.3 is 5.32 Å². The van der Waals surface area contributed by atoms with Crippen molar-refractivity contribution in [1.82, 2.24) is 15.3 Å². The number of amides is 1. The number of carbonyl (C=O) groups is 3. The van der Waals surface area contributed by atoms with E-state index in [4.69, 9.17) is 0 Å². The molecule has 0 radical (unpaired) electrons. The Morgan fingerprint density at radius 1 is 1.08 bits per heavy atom. The number of hydrogen-bond acceptors (Lipinski definition) is 5. The lowest BCUT2D eigenvalue weighted by atomic mass is 9.75. The minimum atomic E-state index is -0.590.